The summed E-state index contributed by atoms with van der Waals surface area (Å²) in [6.45, 7) is 4.07. The molecule has 1 aromatic carbocycles. The third-order valence-corrected chi connectivity index (χ3v) is 3.66. The number of benzene rings is 1. The van der Waals surface area contributed by atoms with Crippen LogP contribution in [0, 0.1) is 11.6 Å². The minimum atomic E-state index is -0.854. The fourth-order valence-electron chi connectivity index (χ4n) is 2.51. The van der Waals surface area contributed by atoms with Crippen molar-refractivity contribution in [2.45, 2.75) is 44.8 Å². The Morgan fingerprint density at radius 1 is 1.22 bits per heavy atom. The SMILES string of the molecule is CNCC(CCC(NC)C(=O)OC(C)C)c1cccc(F)c1F. The maximum Gasteiger partial charge on any atom is 0.323 e. The van der Waals surface area contributed by atoms with Gasteiger partial charge in [-0.15, -0.1) is 0 Å². The summed E-state index contributed by atoms with van der Waals surface area (Å²) >= 11 is 0. The first-order valence-electron chi connectivity index (χ1n) is 7.86. The molecule has 6 heteroatoms. The lowest BCUT2D eigenvalue weighted by Crippen LogP contribution is -2.37. The molecule has 0 heterocycles. The maximum absolute atomic E-state index is 14.0. The van der Waals surface area contributed by atoms with Gasteiger partial charge < -0.3 is 15.4 Å². The van der Waals surface area contributed by atoms with Crippen LogP contribution >= 0.6 is 0 Å². The Morgan fingerprint density at radius 2 is 1.91 bits per heavy atom. The highest BCUT2D eigenvalue weighted by molar-refractivity contribution is 5.75. The summed E-state index contributed by atoms with van der Waals surface area (Å²) in [6.07, 6.45) is 0.816. The number of esters is 1. The lowest BCUT2D eigenvalue weighted by Gasteiger charge is -2.22. The zero-order chi connectivity index (χ0) is 17.4. The molecule has 0 saturated carbocycles. The number of hydrogen-bond acceptors (Lipinski definition) is 4. The van der Waals surface area contributed by atoms with Crippen LogP contribution in [0.25, 0.3) is 0 Å². The lowest BCUT2D eigenvalue weighted by atomic mass is 9.91. The summed E-state index contributed by atoms with van der Waals surface area (Å²) in [5, 5.41) is 5.91. The number of carbonyl (C=O) groups excluding carboxylic acids is 1. The average molecular weight is 328 g/mol. The molecule has 0 radical (unpaired) electrons. The number of likely N-dealkylation sites (N-methyl/N-ethyl adjacent to an activating group) is 2. The molecule has 0 aromatic heterocycles. The highest BCUT2D eigenvalue weighted by Gasteiger charge is 2.23. The van der Waals surface area contributed by atoms with E-state index in [1.54, 1.807) is 34.0 Å². The Kier molecular flexibility index (Phi) is 8.12. The molecule has 0 amide bonds. The molecular weight excluding hydrogens is 302 g/mol. The summed E-state index contributed by atoms with van der Waals surface area (Å²) in [4.78, 5) is 12.0. The van der Waals surface area contributed by atoms with Gasteiger partial charge in [-0.1, -0.05) is 12.1 Å². The van der Waals surface area contributed by atoms with E-state index in [1.807, 2.05) is 0 Å². The lowest BCUT2D eigenvalue weighted by molar-refractivity contribution is -0.150. The monoisotopic (exact) mass is 328 g/mol. The van der Waals surface area contributed by atoms with E-state index in [1.165, 1.54) is 6.07 Å². The Labute approximate surface area is 136 Å². The van der Waals surface area contributed by atoms with Crippen LogP contribution in [0.15, 0.2) is 18.2 Å². The summed E-state index contributed by atoms with van der Waals surface area (Å²) < 4.78 is 32.6. The van der Waals surface area contributed by atoms with Gasteiger partial charge in [0, 0.05) is 6.54 Å². The highest BCUT2D eigenvalue weighted by atomic mass is 19.2. The van der Waals surface area contributed by atoms with Crippen molar-refractivity contribution >= 4 is 5.97 Å². The normalized spacial score (nSPS) is 13.9. The summed E-state index contributed by atoms with van der Waals surface area (Å²) in [5.41, 5.74) is 0.325. The van der Waals surface area contributed by atoms with Gasteiger partial charge >= 0.3 is 5.97 Å². The van der Waals surface area contributed by atoms with Crippen molar-refractivity contribution in [3.05, 3.63) is 35.4 Å². The highest BCUT2D eigenvalue weighted by Crippen LogP contribution is 2.25. The summed E-state index contributed by atoms with van der Waals surface area (Å²) in [5.74, 6) is -2.23. The van der Waals surface area contributed by atoms with Crippen molar-refractivity contribution in [2.24, 2.45) is 0 Å². The number of halogens is 2. The molecule has 0 spiro atoms. The summed E-state index contributed by atoms with van der Waals surface area (Å²) in [7, 11) is 3.44. The van der Waals surface area contributed by atoms with Gasteiger partial charge in [-0.05, 0) is 58.3 Å². The first-order chi connectivity index (χ1) is 10.9. The molecule has 0 aliphatic heterocycles. The van der Waals surface area contributed by atoms with Gasteiger partial charge in [0.15, 0.2) is 11.6 Å². The molecule has 0 bridgehead atoms. The number of carbonyl (C=O) groups is 1. The van der Waals surface area contributed by atoms with E-state index in [0.717, 1.165) is 6.07 Å². The number of hydrogen-bond donors (Lipinski definition) is 2. The van der Waals surface area contributed by atoms with Crippen molar-refractivity contribution in [3.63, 3.8) is 0 Å². The molecule has 4 nitrogen and oxygen atoms in total. The van der Waals surface area contributed by atoms with E-state index < -0.39 is 17.7 Å². The van der Waals surface area contributed by atoms with E-state index in [2.05, 4.69) is 10.6 Å². The molecule has 0 aliphatic rings. The number of nitrogens with one attached hydrogen (secondary N) is 2. The van der Waals surface area contributed by atoms with E-state index in [-0.39, 0.29) is 18.0 Å². The topological polar surface area (TPSA) is 50.4 Å². The molecular formula is C17H26F2N2O2. The van der Waals surface area contributed by atoms with Crippen LogP contribution in [0.1, 0.15) is 38.2 Å². The molecule has 0 saturated heterocycles. The van der Waals surface area contributed by atoms with Crippen molar-refractivity contribution < 1.29 is 18.3 Å². The number of rotatable bonds is 9. The zero-order valence-corrected chi connectivity index (χ0v) is 14.2. The van der Waals surface area contributed by atoms with Gasteiger partial charge in [-0.25, -0.2) is 8.78 Å². The Hall–Kier alpha value is -1.53. The van der Waals surface area contributed by atoms with Crippen LogP contribution in [0.4, 0.5) is 8.78 Å². The van der Waals surface area contributed by atoms with Crippen LogP contribution in [0.2, 0.25) is 0 Å². The van der Waals surface area contributed by atoms with Gasteiger partial charge in [0.1, 0.15) is 6.04 Å². The fraction of sp³-hybridized carbons (Fsp3) is 0.588. The largest absolute Gasteiger partial charge is 0.462 e. The smallest absolute Gasteiger partial charge is 0.323 e. The van der Waals surface area contributed by atoms with Gasteiger partial charge in [-0.2, -0.15) is 0 Å². The Balaban J connectivity index is 2.79. The predicted octanol–water partition coefficient (Wildman–Crippen LogP) is 2.59. The van der Waals surface area contributed by atoms with E-state index in [4.69, 9.17) is 4.74 Å². The molecule has 23 heavy (non-hydrogen) atoms. The van der Waals surface area contributed by atoms with E-state index in [9.17, 15) is 13.6 Å². The van der Waals surface area contributed by atoms with Crippen LogP contribution in [-0.4, -0.2) is 38.8 Å². The second kappa shape index (κ2) is 9.57. The van der Waals surface area contributed by atoms with Crippen LogP contribution in [0.3, 0.4) is 0 Å². The minimum Gasteiger partial charge on any atom is -0.462 e. The van der Waals surface area contributed by atoms with Crippen molar-refractivity contribution in [1.29, 1.82) is 0 Å². The average Bonchev–Trinajstić information content (AvgIpc) is 2.49. The van der Waals surface area contributed by atoms with Gasteiger partial charge in [0.25, 0.3) is 0 Å². The van der Waals surface area contributed by atoms with Gasteiger partial charge in [0.05, 0.1) is 6.10 Å². The molecule has 0 fully saturated rings. The zero-order valence-electron chi connectivity index (χ0n) is 14.2. The fourth-order valence-corrected chi connectivity index (χ4v) is 2.51. The first kappa shape index (κ1) is 19.5. The third kappa shape index (κ3) is 5.88. The third-order valence-electron chi connectivity index (χ3n) is 3.66. The molecule has 130 valence electrons. The predicted molar refractivity (Wildman–Crippen MR) is 86.3 cm³/mol. The molecule has 1 rings (SSSR count). The summed E-state index contributed by atoms with van der Waals surface area (Å²) in [6, 6.07) is 3.72. The molecule has 2 atom stereocenters. The van der Waals surface area contributed by atoms with Gasteiger partial charge in [0.2, 0.25) is 0 Å². The first-order valence-corrected chi connectivity index (χ1v) is 7.86. The van der Waals surface area contributed by atoms with E-state index >= 15 is 0 Å². The molecule has 1 aromatic rings. The van der Waals surface area contributed by atoms with Crippen molar-refractivity contribution in [1.82, 2.24) is 10.6 Å². The van der Waals surface area contributed by atoms with E-state index in [0.29, 0.717) is 24.9 Å². The second-order valence-electron chi connectivity index (χ2n) is 5.80. The van der Waals surface area contributed by atoms with Crippen LogP contribution in [-0.2, 0) is 9.53 Å². The standard InChI is InChI=1S/C17H26F2N2O2/c1-11(2)23-17(22)15(21-4)9-8-12(10-20-3)13-6-5-7-14(18)16(13)19/h5-7,11-12,15,20-21H,8-10H2,1-4H3. The Morgan fingerprint density at radius 3 is 2.48 bits per heavy atom. The van der Waals surface area contributed by atoms with Crippen molar-refractivity contribution in [3.8, 4) is 0 Å². The van der Waals surface area contributed by atoms with Crippen molar-refractivity contribution in [2.75, 3.05) is 20.6 Å². The van der Waals surface area contributed by atoms with Gasteiger partial charge in [-0.3, -0.25) is 4.79 Å². The quantitative estimate of drug-likeness (QED) is 0.684. The van der Waals surface area contributed by atoms with Crippen LogP contribution in [0.5, 0.6) is 0 Å². The number of ether oxygens (including phenoxy) is 1. The van der Waals surface area contributed by atoms with Crippen LogP contribution < -0.4 is 10.6 Å². The molecule has 0 aliphatic carbocycles. The maximum atomic E-state index is 14.0. The second-order valence-corrected chi connectivity index (χ2v) is 5.80. The minimum absolute atomic E-state index is 0.188. The Bertz CT molecular complexity index is 509. The molecule has 2 N–H and O–H groups in total. The molecule has 2 unspecified atom stereocenters.